The lowest BCUT2D eigenvalue weighted by Crippen LogP contribution is -2.21. The molecule has 3 N–H and O–H groups in total. The lowest BCUT2D eigenvalue weighted by Gasteiger charge is -2.04. The maximum Gasteiger partial charge on any atom is 0.273 e. The molecule has 0 aliphatic carbocycles. The average molecular weight is 325 g/mol. The van der Waals surface area contributed by atoms with Crippen molar-refractivity contribution in [2.24, 2.45) is 7.05 Å². The second-order valence-corrected chi connectivity index (χ2v) is 5.55. The number of para-hydroxylation sites is 1. The van der Waals surface area contributed by atoms with E-state index in [0.717, 1.165) is 16.5 Å². The van der Waals surface area contributed by atoms with Gasteiger partial charge in [0.25, 0.3) is 5.91 Å². The molecule has 124 valence electrons. The molecule has 7 nitrogen and oxygen atoms in total. The zero-order chi connectivity index (χ0) is 17.1. The molecule has 0 fully saturated rings. The summed E-state index contributed by atoms with van der Waals surface area (Å²) >= 11 is 0. The van der Waals surface area contributed by atoms with Gasteiger partial charge in [-0.25, -0.2) is 0 Å². The Balaban J connectivity index is 1.67. The van der Waals surface area contributed by atoms with Gasteiger partial charge in [-0.2, -0.15) is 5.10 Å². The predicted octanol–water partition coefficient (Wildman–Crippen LogP) is 1.83. The highest BCUT2D eigenvalue weighted by Crippen LogP contribution is 2.19. The molecular weight excluding hydrogens is 306 g/mol. The summed E-state index contributed by atoms with van der Waals surface area (Å²) in [6, 6.07) is 7.98. The van der Waals surface area contributed by atoms with Crippen LogP contribution in [-0.2, 0) is 18.3 Å². The molecule has 24 heavy (non-hydrogen) atoms. The second kappa shape index (κ2) is 6.57. The number of aromatic amines is 1. The van der Waals surface area contributed by atoms with Crippen LogP contribution in [0.25, 0.3) is 10.9 Å². The fourth-order valence-electron chi connectivity index (χ4n) is 2.67. The summed E-state index contributed by atoms with van der Waals surface area (Å²) in [6.45, 7) is 0. The maximum atomic E-state index is 12.2. The van der Waals surface area contributed by atoms with Gasteiger partial charge in [0.1, 0.15) is 0 Å². The summed E-state index contributed by atoms with van der Waals surface area (Å²) in [5.74, 6) is -0.485. The summed E-state index contributed by atoms with van der Waals surface area (Å²) < 4.78 is 1.50. The van der Waals surface area contributed by atoms with E-state index in [-0.39, 0.29) is 17.5 Å². The Morgan fingerprint density at radius 2 is 2.08 bits per heavy atom. The lowest BCUT2D eigenvalue weighted by molar-refractivity contribution is -0.116. The van der Waals surface area contributed by atoms with Crippen LogP contribution in [0.15, 0.2) is 36.7 Å². The smallest absolute Gasteiger partial charge is 0.273 e. The topological polar surface area (TPSA) is 91.8 Å². The number of carbonyl (C=O) groups is 2. The van der Waals surface area contributed by atoms with Crippen molar-refractivity contribution in [1.29, 1.82) is 0 Å². The number of amides is 2. The summed E-state index contributed by atoms with van der Waals surface area (Å²) in [7, 11) is 3.23. The summed E-state index contributed by atoms with van der Waals surface area (Å²) in [6.07, 6.45) is 4.49. The van der Waals surface area contributed by atoms with Crippen molar-refractivity contribution in [2.45, 2.75) is 12.8 Å². The fourth-order valence-corrected chi connectivity index (χ4v) is 2.67. The standard InChI is InChI=1S/C17H19N5O2/c1-18-17(24)16-14(10-22(2)21-16)20-15(23)8-7-11-9-19-13-6-4-3-5-12(11)13/h3-6,9-10,19H,7-8H2,1-2H3,(H,18,24)(H,20,23). The van der Waals surface area contributed by atoms with Gasteiger partial charge in [0.2, 0.25) is 5.91 Å². The first-order valence-corrected chi connectivity index (χ1v) is 7.69. The Hall–Kier alpha value is -3.09. The summed E-state index contributed by atoms with van der Waals surface area (Å²) in [4.78, 5) is 27.2. The number of aryl methyl sites for hydroxylation is 2. The van der Waals surface area contributed by atoms with E-state index in [0.29, 0.717) is 18.5 Å². The Labute approximate surface area is 139 Å². The summed E-state index contributed by atoms with van der Waals surface area (Å²) in [5.41, 5.74) is 2.78. The number of aromatic nitrogens is 3. The molecule has 1 aromatic carbocycles. The Morgan fingerprint density at radius 1 is 1.29 bits per heavy atom. The van der Waals surface area contributed by atoms with Crippen molar-refractivity contribution >= 4 is 28.4 Å². The third-order valence-electron chi connectivity index (χ3n) is 3.84. The first-order valence-electron chi connectivity index (χ1n) is 7.69. The predicted molar refractivity (Wildman–Crippen MR) is 91.8 cm³/mol. The number of carbonyl (C=O) groups excluding carboxylic acids is 2. The molecule has 0 saturated carbocycles. The normalized spacial score (nSPS) is 10.8. The number of rotatable bonds is 5. The van der Waals surface area contributed by atoms with Crippen molar-refractivity contribution in [3.05, 3.63) is 47.9 Å². The Bertz CT molecular complexity index is 893. The Kier molecular flexibility index (Phi) is 4.33. The molecule has 0 aliphatic rings. The minimum atomic E-state index is -0.331. The average Bonchev–Trinajstić information content (AvgIpc) is 3.15. The Morgan fingerprint density at radius 3 is 2.88 bits per heavy atom. The molecule has 0 atom stereocenters. The maximum absolute atomic E-state index is 12.2. The molecular formula is C17H19N5O2. The van der Waals surface area contributed by atoms with Crippen LogP contribution in [0.3, 0.4) is 0 Å². The van der Waals surface area contributed by atoms with Crippen LogP contribution in [0.2, 0.25) is 0 Å². The van der Waals surface area contributed by atoms with Crippen LogP contribution in [0, 0.1) is 0 Å². The van der Waals surface area contributed by atoms with Gasteiger partial charge in [0.15, 0.2) is 5.69 Å². The molecule has 0 bridgehead atoms. The van der Waals surface area contributed by atoms with Gasteiger partial charge in [-0.3, -0.25) is 14.3 Å². The minimum absolute atomic E-state index is 0.154. The van der Waals surface area contributed by atoms with E-state index < -0.39 is 0 Å². The van der Waals surface area contributed by atoms with Crippen molar-refractivity contribution < 1.29 is 9.59 Å². The van der Waals surface area contributed by atoms with Crippen LogP contribution in [0.5, 0.6) is 0 Å². The van der Waals surface area contributed by atoms with Crippen LogP contribution in [-0.4, -0.2) is 33.6 Å². The third-order valence-corrected chi connectivity index (χ3v) is 3.84. The van der Waals surface area contributed by atoms with Gasteiger partial charge in [0.05, 0.1) is 5.69 Å². The van der Waals surface area contributed by atoms with Crippen molar-refractivity contribution in [3.8, 4) is 0 Å². The molecule has 2 aromatic heterocycles. The number of H-pyrrole nitrogens is 1. The van der Waals surface area contributed by atoms with Gasteiger partial charge >= 0.3 is 0 Å². The first kappa shape index (κ1) is 15.8. The molecule has 2 heterocycles. The van der Waals surface area contributed by atoms with Gasteiger partial charge in [-0.15, -0.1) is 0 Å². The van der Waals surface area contributed by atoms with E-state index in [1.807, 2.05) is 30.5 Å². The minimum Gasteiger partial charge on any atom is -0.361 e. The molecule has 0 unspecified atom stereocenters. The molecule has 0 aliphatic heterocycles. The number of nitrogens with zero attached hydrogens (tertiary/aromatic N) is 2. The third kappa shape index (κ3) is 3.15. The largest absolute Gasteiger partial charge is 0.361 e. The number of benzene rings is 1. The zero-order valence-corrected chi connectivity index (χ0v) is 13.6. The van der Waals surface area contributed by atoms with E-state index in [2.05, 4.69) is 20.7 Å². The van der Waals surface area contributed by atoms with E-state index in [9.17, 15) is 9.59 Å². The highest BCUT2D eigenvalue weighted by atomic mass is 16.2. The quantitative estimate of drug-likeness (QED) is 0.668. The summed E-state index contributed by atoms with van der Waals surface area (Å²) in [5, 5.41) is 10.5. The lowest BCUT2D eigenvalue weighted by atomic mass is 10.1. The number of nitrogens with one attached hydrogen (secondary N) is 3. The monoisotopic (exact) mass is 325 g/mol. The fraction of sp³-hybridized carbons (Fsp3) is 0.235. The molecule has 3 aromatic rings. The van der Waals surface area contributed by atoms with Crippen molar-refractivity contribution in [2.75, 3.05) is 12.4 Å². The number of hydrogen-bond acceptors (Lipinski definition) is 3. The van der Waals surface area contributed by atoms with Crippen LogP contribution in [0.4, 0.5) is 5.69 Å². The molecule has 0 radical (unpaired) electrons. The SMILES string of the molecule is CNC(=O)c1nn(C)cc1NC(=O)CCc1c[nH]c2ccccc12. The van der Waals surface area contributed by atoms with E-state index in [1.165, 1.54) is 11.7 Å². The molecule has 0 saturated heterocycles. The number of anilines is 1. The number of hydrogen-bond donors (Lipinski definition) is 3. The molecule has 0 spiro atoms. The highest BCUT2D eigenvalue weighted by Gasteiger charge is 2.17. The molecule has 3 rings (SSSR count). The van der Waals surface area contributed by atoms with Crippen LogP contribution < -0.4 is 10.6 Å². The van der Waals surface area contributed by atoms with Crippen molar-refractivity contribution in [3.63, 3.8) is 0 Å². The van der Waals surface area contributed by atoms with Crippen molar-refractivity contribution in [1.82, 2.24) is 20.1 Å². The van der Waals surface area contributed by atoms with E-state index >= 15 is 0 Å². The van der Waals surface area contributed by atoms with Gasteiger partial charge in [-0.1, -0.05) is 18.2 Å². The van der Waals surface area contributed by atoms with Gasteiger partial charge in [-0.05, 0) is 18.1 Å². The second-order valence-electron chi connectivity index (χ2n) is 5.55. The highest BCUT2D eigenvalue weighted by molar-refractivity contribution is 6.02. The van der Waals surface area contributed by atoms with Gasteiger partial charge in [0, 0.05) is 43.8 Å². The first-order chi connectivity index (χ1) is 11.6. The van der Waals surface area contributed by atoms with Gasteiger partial charge < -0.3 is 15.6 Å². The van der Waals surface area contributed by atoms with E-state index in [4.69, 9.17) is 0 Å². The van der Waals surface area contributed by atoms with E-state index in [1.54, 1.807) is 13.2 Å². The zero-order valence-electron chi connectivity index (χ0n) is 13.6. The van der Waals surface area contributed by atoms with Crippen LogP contribution in [0.1, 0.15) is 22.5 Å². The molecule has 2 amide bonds. The molecule has 7 heteroatoms. The number of fused-ring (bicyclic) bond motifs is 1. The van der Waals surface area contributed by atoms with Crippen LogP contribution >= 0.6 is 0 Å².